The zero-order chi connectivity index (χ0) is 15.2. The van der Waals surface area contributed by atoms with Crippen molar-refractivity contribution in [2.45, 2.75) is 13.3 Å². The molecule has 0 atom stereocenters. The summed E-state index contributed by atoms with van der Waals surface area (Å²) >= 11 is 5.95. The summed E-state index contributed by atoms with van der Waals surface area (Å²) in [7, 11) is 0. The van der Waals surface area contributed by atoms with Gasteiger partial charge in [-0.1, -0.05) is 30.4 Å². The van der Waals surface area contributed by atoms with Crippen molar-refractivity contribution in [1.29, 1.82) is 0 Å². The van der Waals surface area contributed by atoms with Crippen LogP contribution in [0.5, 0.6) is 0 Å². The lowest BCUT2D eigenvalue weighted by molar-refractivity contribution is 0.102. The Bertz CT molecular complexity index is 710. The van der Waals surface area contributed by atoms with Crippen molar-refractivity contribution < 1.29 is 14.3 Å². The number of aliphatic hydroxyl groups is 1. The minimum Gasteiger partial charge on any atom is -0.469 e. The maximum absolute atomic E-state index is 12.3. The van der Waals surface area contributed by atoms with Gasteiger partial charge in [-0.2, -0.15) is 0 Å². The molecule has 5 heteroatoms. The summed E-state index contributed by atoms with van der Waals surface area (Å²) in [5.74, 6) is 5.66. The van der Waals surface area contributed by atoms with Gasteiger partial charge in [-0.25, -0.2) is 0 Å². The second kappa shape index (κ2) is 6.98. The number of carbonyl (C=O) groups is 1. The molecule has 2 aromatic rings. The third kappa shape index (κ3) is 3.66. The molecule has 1 aromatic heterocycles. The van der Waals surface area contributed by atoms with E-state index in [1.54, 1.807) is 24.3 Å². The first-order chi connectivity index (χ1) is 10.2. The number of halogens is 1. The quantitative estimate of drug-likeness (QED) is 0.857. The minimum atomic E-state index is -0.282. The Kier molecular flexibility index (Phi) is 5.04. The number of aryl methyl sites for hydroxylation is 1. The number of hydrogen-bond acceptors (Lipinski definition) is 3. The molecule has 0 fully saturated rings. The van der Waals surface area contributed by atoms with E-state index < -0.39 is 0 Å². The molecule has 0 saturated carbocycles. The maximum Gasteiger partial charge on any atom is 0.259 e. The minimum absolute atomic E-state index is 0.252. The molecule has 0 unspecified atom stereocenters. The van der Waals surface area contributed by atoms with E-state index in [-0.39, 0.29) is 12.5 Å². The van der Waals surface area contributed by atoms with Gasteiger partial charge in [0.2, 0.25) is 0 Å². The molecular formula is C16H14ClNO3. The molecule has 1 heterocycles. The lowest BCUT2D eigenvalue weighted by Gasteiger charge is -2.08. The van der Waals surface area contributed by atoms with Crippen LogP contribution in [0.3, 0.4) is 0 Å². The number of anilines is 1. The number of aliphatic hydroxyl groups excluding tert-OH is 1. The average Bonchev–Trinajstić information content (AvgIpc) is 2.95. The number of benzene rings is 1. The Morgan fingerprint density at radius 3 is 2.95 bits per heavy atom. The number of rotatable bonds is 3. The number of amides is 1. The lowest BCUT2D eigenvalue weighted by atomic mass is 10.1. The van der Waals surface area contributed by atoms with E-state index in [9.17, 15) is 4.79 Å². The molecule has 4 nitrogen and oxygen atoms in total. The molecule has 0 bridgehead atoms. The van der Waals surface area contributed by atoms with Gasteiger partial charge in [0.25, 0.3) is 5.91 Å². The monoisotopic (exact) mass is 303 g/mol. The Balaban J connectivity index is 2.30. The fourth-order valence-corrected chi connectivity index (χ4v) is 2.04. The van der Waals surface area contributed by atoms with Gasteiger partial charge in [-0.3, -0.25) is 4.79 Å². The van der Waals surface area contributed by atoms with Gasteiger partial charge in [-0.15, -0.1) is 0 Å². The smallest absolute Gasteiger partial charge is 0.259 e. The Morgan fingerprint density at radius 2 is 2.24 bits per heavy atom. The highest BCUT2D eigenvalue weighted by Crippen LogP contribution is 2.22. The fourth-order valence-electron chi connectivity index (χ4n) is 1.87. The predicted octanol–water partition coefficient (Wildman–Crippen LogP) is 3.09. The molecule has 0 aliphatic heterocycles. The van der Waals surface area contributed by atoms with Crippen LogP contribution < -0.4 is 5.32 Å². The molecular weight excluding hydrogens is 290 g/mol. The van der Waals surface area contributed by atoms with Crippen LogP contribution in [0.1, 0.15) is 28.6 Å². The van der Waals surface area contributed by atoms with E-state index >= 15 is 0 Å². The molecule has 0 radical (unpaired) electrons. The second-order valence-corrected chi connectivity index (χ2v) is 4.65. The van der Waals surface area contributed by atoms with Crippen LogP contribution in [0, 0.1) is 11.8 Å². The van der Waals surface area contributed by atoms with Crippen LogP contribution in [-0.4, -0.2) is 17.6 Å². The van der Waals surface area contributed by atoms with Crippen LogP contribution in [-0.2, 0) is 6.42 Å². The van der Waals surface area contributed by atoms with Gasteiger partial charge in [0, 0.05) is 17.0 Å². The summed E-state index contributed by atoms with van der Waals surface area (Å²) in [5, 5.41) is 12.0. The highest BCUT2D eigenvalue weighted by Gasteiger charge is 2.14. The first kappa shape index (κ1) is 15.2. The van der Waals surface area contributed by atoms with Gasteiger partial charge in [-0.05, 0) is 24.3 Å². The van der Waals surface area contributed by atoms with Crippen molar-refractivity contribution in [2.24, 2.45) is 0 Å². The normalized spacial score (nSPS) is 9.86. The zero-order valence-corrected chi connectivity index (χ0v) is 12.2. The first-order valence-corrected chi connectivity index (χ1v) is 6.80. The van der Waals surface area contributed by atoms with E-state index in [0.29, 0.717) is 34.0 Å². The van der Waals surface area contributed by atoms with Crippen LogP contribution in [0.15, 0.2) is 34.9 Å². The topological polar surface area (TPSA) is 62.5 Å². The van der Waals surface area contributed by atoms with Crippen molar-refractivity contribution >= 4 is 23.2 Å². The number of furan rings is 1. The zero-order valence-electron chi connectivity index (χ0n) is 11.4. The largest absolute Gasteiger partial charge is 0.469 e. The summed E-state index contributed by atoms with van der Waals surface area (Å²) in [4.78, 5) is 12.3. The van der Waals surface area contributed by atoms with Crippen molar-refractivity contribution in [3.63, 3.8) is 0 Å². The number of hydrogen-bond donors (Lipinski definition) is 2. The summed E-state index contributed by atoms with van der Waals surface area (Å²) in [5.41, 5.74) is 1.57. The third-order valence-corrected chi connectivity index (χ3v) is 3.08. The third-order valence-electron chi connectivity index (χ3n) is 2.84. The Morgan fingerprint density at radius 1 is 1.43 bits per heavy atom. The van der Waals surface area contributed by atoms with Crippen molar-refractivity contribution in [3.8, 4) is 11.8 Å². The van der Waals surface area contributed by atoms with Crippen LogP contribution >= 0.6 is 11.6 Å². The molecule has 0 aliphatic carbocycles. The molecule has 0 aliphatic rings. The van der Waals surface area contributed by atoms with E-state index in [1.807, 2.05) is 6.92 Å². The average molecular weight is 304 g/mol. The highest BCUT2D eigenvalue weighted by molar-refractivity contribution is 6.31. The van der Waals surface area contributed by atoms with Gasteiger partial charge in [0.15, 0.2) is 0 Å². The first-order valence-electron chi connectivity index (χ1n) is 6.42. The molecule has 1 aromatic carbocycles. The highest BCUT2D eigenvalue weighted by atomic mass is 35.5. The standard InChI is InChI=1S/C16H14ClNO3/c1-2-15-13(7-9-21-15)16(20)18-14-10-12(17)6-5-11(14)4-3-8-19/h5-7,9-10,19H,2,8H2,1H3,(H,18,20). The SMILES string of the molecule is CCc1occc1C(=O)Nc1cc(Cl)ccc1C#CCO. The lowest BCUT2D eigenvalue weighted by Crippen LogP contribution is -2.13. The molecule has 0 saturated heterocycles. The van der Waals surface area contributed by atoms with E-state index in [2.05, 4.69) is 17.2 Å². The predicted molar refractivity (Wildman–Crippen MR) is 81.5 cm³/mol. The van der Waals surface area contributed by atoms with E-state index in [1.165, 1.54) is 6.26 Å². The van der Waals surface area contributed by atoms with E-state index in [4.69, 9.17) is 21.1 Å². The number of carbonyl (C=O) groups excluding carboxylic acids is 1. The van der Waals surface area contributed by atoms with Gasteiger partial charge < -0.3 is 14.8 Å². The summed E-state index contributed by atoms with van der Waals surface area (Å²) in [6.45, 7) is 1.66. The van der Waals surface area contributed by atoms with Crippen LogP contribution in [0.25, 0.3) is 0 Å². The fraction of sp³-hybridized carbons (Fsp3) is 0.188. The summed E-state index contributed by atoms with van der Waals surface area (Å²) < 4.78 is 5.24. The van der Waals surface area contributed by atoms with Gasteiger partial charge >= 0.3 is 0 Å². The second-order valence-electron chi connectivity index (χ2n) is 4.21. The molecule has 21 heavy (non-hydrogen) atoms. The molecule has 108 valence electrons. The van der Waals surface area contributed by atoms with Gasteiger partial charge in [0.05, 0.1) is 17.5 Å². The van der Waals surface area contributed by atoms with Gasteiger partial charge in [0.1, 0.15) is 12.4 Å². The molecule has 2 N–H and O–H groups in total. The van der Waals surface area contributed by atoms with Crippen molar-refractivity contribution in [2.75, 3.05) is 11.9 Å². The van der Waals surface area contributed by atoms with Crippen molar-refractivity contribution in [1.82, 2.24) is 0 Å². The number of nitrogens with one attached hydrogen (secondary N) is 1. The molecule has 0 spiro atoms. The van der Waals surface area contributed by atoms with Crippen LogP contribution in [0.2, 0.25) is 5.02 Å². The van der Waals surface area contributed by atoms with E-state index in [0.717, 1.165) is 0 Å². The maximum atomic E-state index is 12.3. The van der Waals surface area contributed by atoms with Crippen molar-refractivity contribution in [3.05, 3.63) is 52.4 Å². The molecule has 1 amide bonds. The summed E-state index contributed by atoms with van der Waals surface area (Å²) in [6, 6.07) is 6.61. The van der Waals surface area contributed by atoms with Crippen LogP contribution in [0.4, 0.5) is 5.69 Å². The Hall–Kier alpha value is -2.22. The Labute approximate surface area is 127 Å². The summed E-state index contributed by atoms with van der Waals surface area (Å²) in [6.07, 6.45) is 2.11. The molecule has 2 rings (SSSR count).